The van der Waals surface area contributed by atoms with Gasteiger partial charge in [0.15, 0.2) is 0 Å². The molecule has 0 aliphatic carbocycles. The summed E-state index contributed by atoms with van der Waals surface area (Å²) in [5.74, 6) is -0.0586. The monoisotopic (exact) mass is 257 g/mol. The molecule has 0 fully saturated rings. The average molecular weight is 257 g/mol. The number of rotatable bonds is 4. The molecule has 19 heavy (non-hydrogen) atoms. The minimum Gasteiger partial charge on any atom is -0.464 e. The van der Waals surface area contributed by atoms with Crippen molar-refractivity contribution in [1.82, 2.24) is 0 Å². The summed E-state index contributed by atoms with van der Waals surface area (Å²) in [6, 6.07) is 13.1. The quantitative estimate of drug-likeness (QED) is 0.856. The van der Waals surface area contributed by atoms with Gasteiger partial charge in [0.2, 0.25) is 0 Å². The van der Waals surface area contributed by atoms with Gasteiger partial charge in [-0.25, -0.2) is 4.79 Å². The molecular weight excluding hydrogens is 238 g/mol. The minimum atomic E-state index is -0.719. The van der Waals surface area contributed by atoms with Crippen molar-refractivity contribution < 1.29 is 9.53 Å². The van der Waals surface area contributed by atoms with Gasteiger partial charge in [0.05, 0.1) is 6.61 Å². The van der Waals surface area contributed by atoms with E-state index in [9.17, 15) is 4.79 Å². The highest BCUT2D eigenvalue weighted by atomic mass is 16.5. The molecule has 3 heteroatoms. The van der Waals surface area contributed by atoms with Gasteiger partial charge in [0.25, 0.3) is 0 Å². The second-order valence-corrected chi connectivity index (χ2v) is 5.11. The molecule has 0 spiro atoms. The fourth-order valence-corrected chi connectivity index (χ4v) is 1.88. The van der Waals surface area contributed by atoms with E-state index in [2.05, 4.69) is 0 Å². The number of ether oxygens (including phenoxy) is 1. The average Bonchev–Trinajstić information content (AvgIpc) is 2.43. The van der Waals surface area contributed by atoms with Crippen LogP contribution >= 0.6 is 0 Å². The van der Waals surface area contributed by atoms with E-state index < -0.39 is 6.04 Å². The standard InChI is InChI=1S/C16H19NO2/c1-11(2)10-19-16(18)15(17)14-8-7-12-5-3-4-6-13(12)9-14/h3-9,11,15H,10,17H2,1-2H3. The van der Waals surface area contributed by atoms with Crippen LogP contribution in [-0.4, -0.2) is 12.6 Å². The molecule has 0 radical (unpaired) electrons. The van der Waals surface area contributed by atoms with Crippen LogP contribution in [0.15, 0.2) is 42.5 Å². The Hall–Kier alpha value is -1.87. The number of hydrogen-bond donors (Lipinski definition) is 1. The number of esters is 1. The minimum absolute atomic E-state index is 0.313. The van der Waals surface area contributed by atoms with Crippen molar-refractivity contribution >= 4 is 16.7 Å². The molecule has 0 bridgehead atoms. The number of hydrogen-bond acceptors (Lipinski definition) is 3. The summed E-state index contributed by atoms with van der Waals surface area (Å²) in [6.07, 6.45) is 0. The molecule has 0 aromatic heterocycles. The molecule has 2 aromatic rings. The lowest BCUT2D eigenvalue weighted by atomic mass is 10.0. The third kappa shape index (κ3) is 3.32. The third-order valence-corrected chi connectivity index (χ3v) is 2.95. The highest BCUT2D eigenvalue weighted by Gasteiger charge is 2.17. The normalized spacial score (nSPS) is 12.6. The topological polar surface area (TPSA) is 52.3 Å². The van der Waals surface area contributed by atoms with Crippen LogP contribution in [0.4, 0.5) is 0 Å². The molecule has 0 aliphatic heterocycles. The van der Waals surface area contributed by atoms with E-state index in [1.54, 1.807) is 0 Å². The maximum atomic E-state index is 11.8. The Morgan fingerprint density at radius 3 is 2.53 bits per heavy atom. The lowest BCUT2D eigenvalue weighted by Crippen LogP contribution is -2.25. The van der Waals surface area contributed by atoms with Crippen LogP contribution in [0.1, 0.15) is 25.5 Å². The fourth-order valence-electron chi connectivity index (χ4n) is 1.88. The molecule has 1 unspecified atom stereocenters. The van der Waals surface area contributed by atoms with Crippen molar-refractivity contribution in [1.29, 1.82) is 0 Å². The fraction of sp³-hybridized carbons (Fsp3) is 0.312. The summed E-state index contributed by atoms with van der Waals surface area (Å²) in [4.78, 5) is 11.8. The first-order valence-corrected chi connectivity index (χ1v) is 6.49. The predicted molar refractivity (Wildman–Crippen MR) is 76.7 cm³/mol. The van der Waals surface area contributed by atoms with E-state index in [0.717, 1.165) is 16.3 Å². The Morgan fingerprint density at radius 1 is 1.16 bits per heavy atom. The molecule has 0 amide bonds. The van der Waals surface area contributed by atoms with Crippen LogP contribution in [0.2, 0.25) is 0 Å². The van der Waals surface area contributed by atoms with E-state index in [1.807, 2.05) is 56.3 Å². The second kappa shape index (κ2) is 5.85. The molecule has 0 saturated heterocycles. The van der Waals surface area contributed by atoms with Gasteiger partial charge in [-0.2, -0.15) is 0 Å². The largest absolute Gasteiger partial charge is 0.464 e. The maximum absolute atomic E-state index is 11.8. The second-order valence-electron chi connectivity index (χ2n) is 5.11. The highest BCUT2D eigenvalue weighted by Crippen LogP contribution is 2.20. The van der Waals surface area contributed by atoms with E-state index in [0.29, 0.717) is 12.5 Å². The van der Waals surface area contributed by atoms with Gasteiger partial charge >= 0.3 is 5.97 Å². The van der Waals surface area contributed by atoms with E-state index in [4.69, 9.17) is 10.5 Å². The Morgan fingerprint density at radius 2 is 1.84 bits per heavy atom. The van der Waals surface area contributed by atoms with E-state index in [1.165, 1.54) is 0 Å². The van der Waals surface area contributed by atoms with Gasteiger partial charge < -0.3 is 10.5 Å². The van der Waals surface area contributed by atoms with Crippen LogP contribution in [0.25, 0.3) is 10.8 Å². The Labute approximate surface area is 113 Å². The summed E-state index contributed by atoms with van der Waals surface area (Å²) >= 11 is 0. The molecule has 1 atom stereocenters. The summed E-state index contributed by atoms with van der Waals surface area (Å²) in [7, 11) is 0. The Balaban J connectivity index is 2.16. The molecule has 2 N–H and O–H groups in total. The van der Waals surface area contributed by atoms with Crippen LogP contribution in [0, 0.1) is 5.92 Å². The van der Waals surface area contributed by atoms with Gasteiger partial charge in [-0.1, -0.05) is 50.2 Å². The van der Waals surface area contributed by atoms with Crippen molar-refractivity contribution in [3.05, 3.63) is 48.0 Å². The van der Waals surface area contributed by atoms with Gasteiger partial charge in [0, 0.05) is 0 Å². The molecule has 3 nitrogen and oxygen atoms in total. The SMILES string of the molecule is CC(C)COC(=O)C(N)c1ccc2ccccc2c1. The molecule has 0 aliphatic rings. The number of benzene rings is 2. The van der Waals surface area contributed by atoms with Crippen molar-refractivity contribution in [3.8, 4) is 0 Å². The molecule has 0 saturated carbocycles. The first-order chi connectivity index (χ1) is 9.08. The molecule has 100 valence electrons. The zero-order valence-electron chi connectivity index (χ0n) is 11.3. The van der Waals surface area contributed by atoms with Crippen LogP contribution in [0.3, 0.4) is 0 Å². The summed E-state index contributed by atoms with van der Waals surface area (Å²) in [5, 5.41) is 2.21. The van der Waals surface area contributed by atoms with Crippen molar-refractivity contribution in [2.24, 2.45) is 11.7 Å². The number of carbonyl (C=O) groups is 1. The lowest BCUT2D eigenvalue weighted by Gasteiger charge is -2.13. The van der Waals surface area contributed by atoms with E-state index >= 15 is 0 Å². The molecular formula is C16H19NO2. The first-order valence-electron chi connectivity index (χ1n) is 6.49. The zero-order valence-corrected chi connectivity index (χ0v) is 11.3. The highest BCUT2D eigenvalue weighted by molar-refractivity contribution is 5.85. The van der Waals surface area contributed by atoms with Crippen molar-refractivity contribution in [2.75, 3.05) is 6.61 Å². The Bertz CT molecular complexity index is 578. The molecule has 2 rings (SSSR count). The summed E-state index contributed by atoms with van der Waals surface area (Å²) < 4.78 is 5.17. The van der Waals surface area contributed by atoms with Gasteiger partial charge in [-0.05, 0) is 28.3 Å². The van der Waals surface area contributed by atoms with Gasteiger partial charge in [-0.15, -0.1) is 0 Å². The van der Waals surface area contributed by atoms with Crippen LogP contribution in [0.5, 0.6) is 0 Å². The van der Waals surface area contributed by atoms with E-state index in [-0.39, 0.29) is 5.97 Å². The number of nitrogens with two attached hydrogens (primary N) is 1. The van der Waals surface area contributed by atoms with Crippen LogP contribution < -0.4 is 5.73 Å². The van der Waals surface area contributed by atoms with Gasteiger partial charge in [-0.3, -0.25) is 0 Å². The predicted octanol–water partition coefficient (Wildman–Crippen LogP) is 3.04. The Kier molecular flexibility index (Phi) is 4.17. The summed E-state index contributed by atoms with van der Waals surface area (Å²) in [6.45, 7) is 4.39. The molecule has 2 aromatic carbocycles. The first kappa shape index (κ1) is 13.6. The lowest BCUT2D eigenvalue weighted by molar-refractivity contribution is -0.146. The smallest absolute Gasteiger partial charge is 0.327 e. The maximum Gasteiger partial charge on any atom is 0.327 e. The number of carbonyl (C=O) groups excluding carboxylic acids is 1. The molecule has 0 heterocycles. The third-order valence-electron chi connectivity index (χ3n) is 2.95. The van der Waals surface area contributed by atoms with Crippen molar-refractivity contribution in [3.63, 3.8) is 0 Å². The van der Waals surface area contributed by atoms with Crippen LogP contribution in [-0.2, 0) is 9.53 Å². The van der Waals surface area contributed by atoms with Crippen molar-refractivity contribution in [2.45, 2.75) is 19.9 Å². The number of fused-ring (bicyclic) bond motifs is 1. The summed E-state index contributed by atoms with van der Waals surface area (Å²) in [5.41, 5.74) is 6.73. The zero-order chi connectivity index (χ0) is 13.8. The van der Waals surface area contributed by atoms with Gasteiger partial charge in [0.1, 0.15) is 6.04 Å².